The lowest BCUT2D eigenvalue weighted by Gasteiger charge is -2.12. The molecule has 1 aromatic rings. The summed E-state index contributed by atoms with van der Waals surface area (Å²) in [7, 11) is 1.79. The Morgan fingerprint density at radius 3 is 2.60 bits per heavy atom. The molecule has 0 amide bonds. The molecule has 0 bridgehead atoms. The molecule has 0 radical (unpaired) electrons. The zero-order chi connectivity index (χ0) is 14.6. The van der Waals surface area contributed by atoms with Crippen LogP contribution in [0.5, 0.6) is 0 Å². The lowest BCUT2D eigenvalue weighted by Crippen LogP contribution is -2.37. The molecular formula is C16H27N3O. The van der Waals surface area contributed by atoms with E-state index in [0.29, 0.717) is 5.92 Å². The second kappa shape index (κ2) is 10.3. The van der Waals surface area contributed by atoms with Gasteiger partial charge in [0.05, 0.1) is 0 Å². The van der Waals surface area contributed by atoms with Gasteiger partial charge in [-0.25, -0.2) is 0 Å². The summed E-state index contributed by atoms with van der Waals surface area (Å²) < 4.78 is 5.54. The molecule has 0 spiro atoms. The van der Waals surface area contributed by atoms with E-state index in [9.17, 15) is 0 Å². The van der Waals surface area contributed by atoms with Crippen LogP contribution in [0.1, 0.15) is 25.8 Å². The number of nitrogens with zero attached hydrogens (tertiary/aromatic N) is 1. The number of aliphatic imine (C=N–C) groups is 1. The van der Waals surface area contributed by atoms with E-state index in [-0.39, 0.29) is 0 Å². The lowest BCUT2D eigenvalue weighted by atomic mass is 10.2. The Bertz CT molecular complexity index is 377. The summed E-state index contributed by atoms with van der Waals surface area (Å²) in [4.78, 5) is 4.20. The van der Waals surface area contributed by atoms with E-state index < -0.39 is 0 Å². The molecule has 112 valence electrons. The van der Waals surface area contributed by atoms with Gasteiger partial charge in [0.25, 0.3) is 0 Å². The van der Waals surface area contributed by atoms with Crippen LogP contribution in [0, 0.1) is 5.92 Å². The quantitative estimate of drug-likeness (QED) is 0.436. The Hall–Kier alpha value is -1.55. The fraction of sp³-hybridized carbons (Fsp3) is 0.562. The number of benzene rings is 1. The monoisotopic (exact) mass is 277 g/mol. The first kappa shape index (κ1) is 16.5. The molecule has 0 fully saturated rings. The standard InChI is InChI=1S/C16H27N3O/c1-14(2)13-20-11-7-10-18-16(17-3)19-12-15-8-5-4-6-9-15/h4-6,8-9,14H,7,10-13H2,1-3H3,(H2,17,18,19). The maximum Gasteiger partial charge on any atom is 0.191 e. The fourth-order valence-electron chi connectivity index (χ4n) is 1.70. The summed E-state index contributed by atoms with van der Waals surface area (Å²) in [5.41, 5.74) is 1.25. The van der Waals surface area contributed by atoms with Crippen molar-refractivity contribution in [3.63, 3.8) is 0 Å². The van der Waals surface area contributed by atoms with E-state index >= 15 is 0 Å². The number of ether oxygens (including phenoxy) is 1. The first-order valence-electron chi connectivity index (χ1n) is 7.28. The fourth-order valence-corrected chi connectivity index (χ4v) is 1.70. The van der Waals surface area contributed by atoms with Gasteiger partial charge in [-0.1, -0.05) is 44.2 Å². The number of hydrogen-bond acceptors (Lipinski definition) is 2. The molecule has 20 heavy (non-hydrogen) atoms. The van der Waals surface area contributed by atoms with Crippen molar-refractivity contribution in [2.75, 3.05) is 26.8 Å². The molecule has 0 saturated heterocycles. The van der Waals surface area contributed by atoms with Crippen LogP contribution < -0.4 is 10.6 Å². The van der Waals surface area contributed by atoms with Crippen molar-refractivity contribution in [3.05, 3.63) is 35.9 Å². The highest BCUT2D eigenvalue weighted by Gasteiger charge is 1.98. The molecule has 0 atom stereocenters. The smallest absolute Gasteiger partial charge is 0.191 e. The summed E-state index contributed by atoms with van der Waals surface area (Å²) in [6, 6.07) is 10.3. The zero-order valence-corrected chi connectivity index (χ0v) is 12.9. The molecule has 0 aliphatic rings. The molecule has 0 aromatic heterocycles. The van der Waals surface area contributed by atoms with Crippen molar-refractivity contribution >= 4 is 5.96 Å². The van der Waals surface area contributed by atoms with Crippen LogP contribution in [0.4, 0.5) is 0 Å². The Morgan fingerprint density at radius 2 is 1.95 bits per heavy atom. The van der Waals surface area contributed by atoms with E-state index in [1.807, 2.05) is 18.2 Å². The lowest BCUT2D eigenvalue weighted by molar-refractivity contribution is 0.108. The van der Waals surface area contributed by atoms with E-state index in [4.69, 9.17) is 4.74 Å². The SMILES string of the molecule is CN=C(NCCCOCC(C)C)NCc1ccccc1. The van der Waals surface area contributed by atoms with Crippen LogP contribution in [0.3, 0.4) is 0 Å². The van der Waals surface area contributed by atoms with Gasteiger partial charge >= 0.3 is 0 Å². The molecule has 1 aromatic carbocycles. The van der Waals surface area contributed by atoms with Gasteiger partial charge in [0.1, 0.15) is 0 Å². The van der Waals surface area contributed by atoms with Crippen molar-refractivity contribution in [2.45, 2.75) is 26.8 Å². The molecule has 1 rings (SSSR count). The maximum atomic E-state index is 5.54. The highest BCUT2D eigenvalue weighted by Crippen LogP contribution is 1.97. The van der Waals surface area contributed by atoms with E-state index in [0.717, 1.165) is 38.7 Å². The minimum atomic E-state index is 0.600. The highest BCUT2D eigenvalue weighted by molar-refractivity contribution is 5.79. The van der Waals surface area contributed by atoms with E-state index in [1.165, 1.54) is 5.56 Å². The largest absolute Gasteiger partial charge is 0.381 e. The third-order valence-electron chi connectivity index (χ3n) is 2.74. The summed E-state index contributed by atoms with van der Waals surface area (Å²) in [5, 5.41) is 6.58. The minimum Gasteiger partial charge on any atom is -0.381 e. The zero-order valence-electron chi connectivity index (χ0n) is 12.9. The van der Waals surface area contributed by atoms with Gasteiger partial charge < -0.3 is 15.4 Å². The number of nitrogens with one attached hydrogen (secondary N) is 2. The summed E-state index contributed by atoms with van der Waals surface area (Å²) in [5.74, 6) is 1.43. The van der Waals surface area contributed by atoms with Gasteiger partial charge in [0, 0.05) is 33.4 Å². The molecule has 0 aliphatic carbocycles. The molecule has 2 N–H and O–H groups in total. The maximum absolute atomic E-state index is 5.54. The molecule has 0 aliphatic heterocycles. The number of guanidine groups is 1. The first-order valence-corrected chi connectivity index (χ1v) is 7.28. The molecule has 0 unspecified atom stereocenters. The van der Waals surface area contributed by atoms with Crippen molar-refractivity contribution in [1.82, 2.24) is 10.6 Å². The average Bonchev–Trinajstić information content (AvgIpc) is 2.46. The molecule has 4 heteroatoms. The Labute approximate surface area is 122 Å². The summed E-state index contributed by atoms with van der Waals surface area (Å²) >= 11 is 0. The van der Waals surface area contributed by atoms with E-state index in [2.05, 4.69) is 41.6 Å². The molecule has 0 heterocycles. The van der Waals surface area contributed by atoms with Gasteiger partial charge in [-0.2, -0.15) is 0 Å². The van der Waals surface area contributed by atoms with Gasteiger partial charge in [0.15, 0.2) is 5.96 Å². The van der Waals surface area contributed by atoms with Gasteiger partial charge in [-0.05, 0) is 17.9 Å². The van der Waals surface area contributed by atoms with Gasteiger partial charge in [-0.3, -0.25) is 4.99 Å². The van der Waals surface area contributed by atoms with Gasteiger partial charge in [-0.15, -0.1) is 0 Å². The summed E-state index contributed by atoms with van der Waals surface area (Å²) in [6.07, 6.45) is 0.985. The van der Waals surface area contributed by atoms with Crippen LogP contribution in [0.25, 0.3) is 0 Å². The van der Waals surface area contributed by atoms with E-state index in [1.54, 1.807) is 7.05 Å². The second-order valence-electron chi connectivity index (χ2n) is 5.16. The summed E-state index contributed by atoms with van der Waals surface area (Å²) in [6.45, 7) is 7.60. The topological polar surface area (TPSA) is 45.7 Å². The third kappa shape index (κ3) is 7.79. The van der Waals surface area contributed by atoms with Crippen molar-refractivity contribution in [1.29, 1.82) is 0 Å². The van der Waals surface area contributed by atoms with Crippen LogP contribution in [0.2, 0.25) is 0 Å². The van der Waals surface area contributed by atoms with Crippen LogP contribution >= 0.6 is 0 Å². The molecule has 4 nitrogen and oxygen atoms in total. The Balaban J connectivity index is 2.11. The Kier molecular flexibility index (Phi) is 8.47. The van der Waals surface area contributed by atoms with Crippen molar-refractivity contribution in [2.24, 2.45) is 10.9 Å². The highest BCUT2D eigenvalue weighted by atomic mass is 16.5. The van der Waals surface area contributed by atoms with Crippen molar-refractivity contribution < 1.29 is 4.74 Å². The van der Waals surface area contributed by atoms with Crippen LogP contribution in [-0.2, 0) is 11.3 Å². The predicted octanol–water partition coefficient (Wildman–Crippen LogP) is 2.41. The van der Waals surface area contributed by atoms with Crippen molar-refractivity contribution in [3.8, 4) is 0 Å². The molecular weight excluding hydrogens is 250 g/mol. The van der Waals surface area contributed by atoms with Gasteiger partial charge in [0.2, 0.25) is 0 Å². The van der Waals surface area contributed by atoms with Crippen LogP contribution in [-0.4, -0.2) is 32.8 Å². The second-order valence-corrected chi connectivity index (χ2v) is 5.16. The third-order valence-corrected chi connectivity index (χ3v) is 2.74. The normalized spacial score (nSPS) is 11.7. The average molecular weight is 277 g/mol. The molecule has 0 saturated carbocycles. The predicted molar refractivity (Wildman–Crippen MR) is 84.9 cm³/mol. The first-order chi connectivity index (χ1) is 9.72. The Morgan fingerprint density at radius 1 is 1.20 bits per heavy atom. The number of hydrogen-bond donors (Lipinski definition) is 2. The minimum absolute atomic E-state index is 0.600. The van der Waals surface area contributed by atoms with Crippen LogP contribution in [0.15, 0.2) is 35.3 Å². The number of rotatable bonds is 8.